The number of halogens is 1. The molecule has 0 heterocycles. The van der Waals surface area contributed by atoms with Crippen LogP contribution in [0, 0.1) is 0 Å². The third-order valence-electron chi connectivity index (χ3n) is 3.07. The minimum Gasteiger partial charge on any atom is -0.349 e. The van der Waals surface area contributed by atoms with E-state index in [4.69, 9.17) is 11.6 Å². The SMILES string of the molecule is CC(NC(=O)CSCc1cccc(Cl)c1)c1ccccc1. The molecule has 0 radical (unpaired) electrons. The lowest BCUT2D eigenvalue weighted by Crippen LogP contribution is -2.28. The van der Waals surface area contributed by atoms with Crippen molar-refractivity contribution in [1.29, 1.82) is 0 Å². The van der Waals surface area contributed by atoms with Crippen LogP contribution in [-0.4, -0.2) is 11.7 Å². The molecule has 0 aliphatic rings. The van der Waals surface area contributed by atoms with Gasteiger partial charge in [0.05, 0.1) is 11.8 Å². The summed E-state index contributed by atoms with van der Waals surface area (Å²) in [6.07, 6.45) is 0. The molecular weight excluding hydrogens is 302 g/mol. The zero-order chi connectivity index (χ0) is 15.1. The molecule has 1 atom stereocenters. The fourth-order valence-corrected chi connectivity index (χ4v) is 3.00. The molecule has 2 rings (SSSR count). The Hall–Kier alpha value is -1.45. The van der Waals surface area contributed by atoms with Crippen molar-refractivity contribution >= 4 is 29.3 Å². The Labute approximate surface area is 134 Å². The second kappa shape index (κ2) is 8.11. The lowest BCUT2D eigenvalue weighted by atomic mass is 10.1. The van der Waals surface area contributed by atoms with Crippen molar-refractivity contribution in [3.8, 4) is 0 Å². The molecule has 0 bridgehead atoms. The van der Waals surface area contributed by atoms with E-state index in [-0.39, 0.29) is 11.9 Å². The van der Waals surface area contributed by atoms with E-state index in [2.05, 4.69) is 5.32 Å². The molecule has 21 heavy (non-hydrogen) atoms. The Kier molecular flexibility index (Phi) is 6.15. The van der Waals surface area contributed by atoms with Gasteiger partial charge in [0.15, 0.2) is 0 Å². The van der Waals surface area contributed by atoms with Gasteiger partial charge in [0.2, 0.25) is 5.91 Å². The molecule has 0 fully saturated rings. The van der Waals surface area contributed by atoms with E-state index in [0.29, 0.717) is 5.75 Å². The van der Waals surface area contributed by atoms with Crippen molar-refractivity contribution in [2.75, 3.05) is 5.75 Å². The number of carbonyl (C=O) groups is 1. The Morgan fingerprint density at radius 3 is 2.67 bits per heavy atom. The van der Waals surface area contributed by atoms with Gasteiger partial charge in [-0.25, -0.2) is 0 Å². The van der Waals surface area contributed by atoms with Crippen molar-refractivity contribution in [3.05, 3.63) is 70.7 Å². The Morgan fingerprint density at radius 1 is 1.19 bits per heavy atom. The van der Waals surface area contributed by atoms with Crippen molar-refractivity contribution in [1.82, 2.24) is 5.32 Å². The molecule has 0 aliphatic heterocycles. The van der Waals surface area contributed by atoms with E-state index in [0.717, 1.165) is 21.9 Å². The first kappa shape index (κ1) is 15.9. The largest absolute Gasteiger partial charge is 0.349 e. The number of amides is 1. The van der Waals surface area contributed by atoms with Gasteiger partial charge >= 0.3 is 0 Å². The molecule has 1 amide bonds. The van der Waals surface area contributed by atoms with E-state index in [1.165, 1.54) is 0 Å². The predicted molar refractivity (Wildman–Crippen MR) is 90.6 cm³/mol. The van der Waals surface area contributed by atoms with Crippen LogP contribution in [0.4, 0.5) is 0 Å². The lowest BCUT2D eigenvalue weighted by Gasteiger charge is -2.14. The number of rotatable bonds is 6. The van der Waals surface area contributed by atoms with Crippen LogP contribution in [0.25, 0.3) is 0 Å². The molecular formula is C17H18ClNOS. The highest BCUT2D eigenvalue weighted by atomic mass is 35.5. The Morgan fingerprint density at radius 2 is 1.95 bits per heavy atom. The summed E-state index contributed by atoms with van der Waals surface area (Å²) in [4.78, 5) is 11.9. The highest BCUT2D eigenvalue weighted by molar-refractivity contribution is 7.99. The first-order valence-electron chi connectivity index (χ1n) is 6.81. The summed E-state index contributed by atoms with van der Waals surface area (Å²) >= 11 is 7.52. The standard InChI is InChI=1S/C17H18ClNOS/c1-13(15-7-3-2-4-8-15)19-17(20)12-21-11-14-6-5-9-16(18)10-14/h2-10,13H,11-12H2,1H3,(H,19,20). The van der Waals surface area contributed by atoms with Gasteiger partial charge in [-0.2, -0.15) is 0 Å². The summed E-state index contributed by atoms with van der Waals surface area (Å²) in [5, 5.41) is 3.74. The van der Waals surface area contributed by atoms with Gasteiger partial charge < -0.3 is 5.32 Å². The molecule has 0 saturated carbocycles. The fourth-order valence-electron chi connectivity index (χ4n) is 2.00. The summed E-state index contributed by atoms with van der Waals surface area (Å²) in [5.74, 6) is 1.29. The Balaban J connectivity index is 1.75. The van der Waals surface area contributed by atoms with Gasteiger partial charge in [-0.3, -0.25) is 4.79 Å². The van der Waals surface area contributed by atoms with Crippen LogP contribution in [0.1, 0.15) is 24.1 Å². The smallest absolute Gasteiger partial charge is 0.230 e. The highest BCUT2D eigenvalue weighted by Gasteiger charge is 2.09. The number of hydrogen-bond acceptors (Lipinski definition) is 2. The van der Waals surface area contributed by atoms with E-state index >= 15 is 0 Å². The van der Waals surface area contributed by atoms with Gasteiger partial charge in [0.1, 0.15) is 0 Å². The molecule has 2 aromatic carbocycles. The van der Waals surface area contributed by atoms with Crippen LogP contribution in [0.15, 0.2) is 54.6 Å². The predicted octanol–water partition coefficient (Wildman–Crippen LogP) is 4.45. The Bertz CT molecular complexity index is 588. The van der Waals surface area contributed by atoms with Crippen LogP contribution in [0.2, 0.25) is 5.02 Å². The third-order valence-corrected chi connectivity index (χ3v) is 4.31. The number of benzene rings is 2. The summed E-state index contributed by atoms with van der Waals surface area (Å²) in [7, 11) is 0. The van der Waals surface area contributed by atoms with Crippen molar-refractivity contribution in [2.24, 2.45) is 0 Å². The molecule has 2 aromatic rings. The maximum absolute atomic E-state index is 11.9. The number of thioether (sulfide) groups is 1. The first-order chi connectivity index (χ1) is 10.1. The molecule has 1 unspecified atom stereocenters. The zero-order valence-corrected chi connectivity index (χ0v) is 13.5. The molecule has 2 nitrogen and oxygen atoms in total. The minimum atomic E-state index is 0.0328. The maximum Gasteiger partial charge on any atom is 0.230 e. The molecule has 110 valence electrons. The van der Waals surface area contributed by atoms with Crippen molar-refractivity contribution in [2.45, 2.75) is 18.7 Å². The lowest BCUT2D eigenvalue weighted by molar-refractivity contribution is -0.119. The molecule has 0 saturated heterocycles. The van der Waals surface area contributed by atoms with Crippen LogP contribution < -0.4 is 5.32 Å². The monoisotopic (exact) mass is 319 g/mol. The van der Waals surface area contributed by atoms with Gasteiger partial charge in [-0.15, -0.1) is 11.8 Å². The van der Waals surface area contributed by atoms with Crippen LogP contribution in [-0.2, 0) is 10.5 Å². The highest BCUT2D eigenvalue weighted by Crippen LogP contribution is 2.17. The van der Waals surface area contributed by atoms with E-state index < -0.39 is 0 Å². The van der Waals surface area contributed by atoms with Gasteiger partial charge in [-0.1, -0.05) is 54.1 Å². The number of hydrogen-bond donors (Lipinski definition) is 1. The second-order valence-corrected chi connectivity index (χ2v) is 6.24. The summed E-state index contributed by atoms with van der Waals surface area (Å²) in [5.41, 5.74) is 2.25. The van der Waals surface area contributed by atoms with Gasteiger partial charge in [0.25, 0.3) is 0 Å². The summed E-state index contributed by atoms with van der Waals surface area (Å²) in [6, 6.07) is 17.7. The van der Waals surface area contributed by atoms with Crippen LogP contribution >= 0.6 is 23.4 Å². The molecule has 4 heteroatoms. The normalized spacial score (nSPS) is 11.9. The van der Waals surface area contributed by atoms with Crippen molar-refractivity contribution < 1.29 is 4.79 Å². The van der Waals surface area contributed by atoms with Gasteiger partial charge in [-0.05, 0) is 30.2 Å². The second-order valence-electron chi connectivity index (χ2n) is 4.82. The molecule has 0 aliphatic carbocycles. The summed E-state index contributed by atoms with van der Waals surface area (Å²) < 4.78 is 0. The van der Waals surface area contributed by atoms with Gasteiger partial charge in [0, 0.05) is 10.8 Å². The topological polar surface area (TPSA) is 29.1 Å². The fraction of sp³-hybridized carbons (Fsp3) is 0.235. The average molecular weight is 320 g/mol. The van der Waals surface area contributed by atoms with Crippen LogP contribution in [0.5, 0.6) is 0 Å². The summed E-state index contributed by atoms with van der Waals surface area (Å²) in [6.45, 7) is 1.99. The average Bonchev–Trinajstić information content (AvgIpc) is 2.48. The van der Waals surface area contributed by atoms with E-state index in [9.17, 15) is 4.79 Å². The van der Waals surface area contributed by atoms with E-state index in [1.54, 1.807) is 11.8 Å². The molecule has 0 spiro atoms. The maximum atomic E-state index is 11.9. The quantitative estimate of drug-likeness (QED) is 0.852. The zero-order valence-electron chi connectivity index (χ0n) is 11.9. The van der Waals surface area contributed by atoms with Crippen molar-refractivity contribution in [3.63, 3.8) is 0 Å². The van der Waals surface area contributed by atoms with E-state index in [1.807, 2.05) is 61.5 Å². The van der Waals surface area contributed by atoms with Crippen LogP contribution in [0.3, 0.4) is 0 Å². The minimum absolute atomic E-state index is 0.0328. The molecule has 0 aromatic heterocycles. The number of carbonyl (C=O) groups excluding carboxylic acids is 1. The third kappa shape index (κ3) is 5.44. The number of nitrogens with one attached hydrogen (secondary N) is 1. The molecule has 1 N–H and O–H groups in total. The first-order valence-corrected chi connectivity index (χ1v) is 8.35.